The van der Waals surface area contributed by atoms with E-state index in [0.29, 0.717) is 6.61 Å². The fraction of sp³-hybridized carbons (Fsp3) is 0.929. The number of hydrogen-bond acceptors (Lipinski definition) is 2. The van der Waals surface area contributed by atoms with Gasteiger partial charge in [0.2, 0.25) is 5.91 Å². The van der Waals surface area contributed by atoms with Crippen LogP contribution in [0.3, 0.4) is 0 Å². The molecule has 1 amide bonds. The molecule has 1 fully saturated rings. The highest BCUT2D eigenvalue weighted by atomic mass is 79.9. The standard InChI is InChI=1S/C14H26BrNO2/c1-14(2)8-5-4-6-12(14)13(17)16-11(7-9-15)10-18-3/h11-12H,4-10H2,1-3H3,(H,16,17). The van der Waals surface area contributed by atoms with Gasteiger partial charge in [-0.15, -0.1) is 0 Å². The van der Waals surface area contributed by atoms with E-state index < -0.39 is 0 Å². The third-order valence-corrected chi connectivity index (χ3v) is 4.45. The first-order valence-corrected chi connectivity index (χ1v) is 7.98. The lowest BCUT2D eigenvalue weighted by Crippen LogP contribution is -2.46. The summed E-state index contributed by atoms with van der Waals surface area (Å²) >= 11 is 3.42. The highest BCUT2D eigenvalue weighted by Crippen LogP contribution is 2.40. The predicted octanol–water partition coefficient (Wildman–Crippen LogP) is 3.12. The highest BCUT2D eigenvalue weighted by molar-refractivity contribution is 9.09. The molecule has 0 aromatic rings. The number of carbonyl (C=O) groups is 1. The van der Waals surface area contributed by atoms with Gasteiger partial charge >= 0.3 is 0 Å². The van der Waals surface area contributed by atoms with Crippen LogP contribution in [0.1, 0.15) is 46.0 Å². The van der Waals surface area contributed by atoms with Crippen LogP contribution in [-0.2, 0) is 9.53 Å². The number of hydrogen-bond donors (Lipinski definition) is 1. The molecule has 0 aromatic carbocycles. The summed E-state index contributed by atoms with van der Waals surface area (Å²) < 4.78 is 5.16. The number of carbonyl (C=O) groups excluding carboxylic acids is 1. The Morgan fingerprint density at radius 1 is 1.50 bits per heavy atom. The van der Waals surface area contributed by atoms with E-state index in [0.717, 1.165) is 24.6 Å². The Labute approximate surface area is 119 Å². The minimum atomic E-state index is 0.125. The van der Waals surface area contributed by atoms with Crippen LogP contribution in [0.4, 0.5) is 0 Å². The summed E-state index contributed by atoms with van der Waals surface area (Å²) in [6, 6.07) is 0.125. The lowest BCUT2D eigenvalue weighted by Gasteiger charge is -2.38. The second-order valence-electron chi connectivity index (χ2n) is 5.93. The fourth-order valence-corrected chi connectivity index (χ4v) is 3.36. The van der Waals surface area contributed by atoms with E-state index >= 15 is 0 Å². The molecule has 2 unspecified atom stereocenters. The van der Waals surface area contributed by atoms with Crippen LogP contribution >= 0.6 is 15.9 Å². The summed E-state index contributed by atoms with van der Waals surface area (Å²) in [5, 5.41) is 4.03. The molecule has 1 aliphatic carbocycles. The van der Waals surface area contributed by atoms with E-state index in [1.54, 1.807) is 7.11 Å². The maximum absolute atomic E-state index is 12.4. The van der Waals surface area contributed by atoms with E-state index in [1.165, 1.54) is 12.8 Å². The minimum absolute atomic E-state index is 0.125. The van der Waals surface area contributed by atoms with Gasteiger partial charge in [0.25, 0.3) is 0 Å². The lowest BCUT2D eigenvalue weighted by atomic mass is 9.68. The molecule has 0 spiro atoms. The minimum Gasteiger partial charge on any atom is -0.383 e. The number of methoxy groups -OCH3 is 1. The molecule has 1 rings (SSSR count). The zero-order valence-electron chi connectivity index (χ0n) is 11.8. The van der Waals surface area contributed by atoms with Crippen molar-refractivity contribution in [1.29, 1.82) is 0 Å². The van der Waals surface area contributed by atoms with Gasteiger partial charge in [0.15, 0.2) is 0 Å². The average Bonchev–Trinajstić information content (AvgIpc) is 2.28. The first kappa shape index (κ1) is 16.0. The Bertz CT molecular complexity index is 263. The van der Waals surface area contributed by atoms with E-state index in [2.05, 4.69) is 35.1 Å². The highest BCUT2D eigenvalue weighted by Gasteiger charge is 2.37. The number of alkyl halides is 1. The van der Waals surface area contributed by atoms with Crippen molar-refractivity contribution in [2.75, 3.05) is 19.0 Å². The van der Waals surface area contributed by atoms with Crippen molar-refractivity contribution in [3.63, 3.8) is 0 Å². The van der Waals surface area contributed by atoms with Gasteiger partial charge in [-0.25, -0.2) is 0 Å². The van der Waals surface area contributed by atoms with Gasteiger partial charge in [-0.05, 0) is 24.7 Å². The topological polar surface area (TPSA) is 38.3 Å². The number of ether oxygens (including phenoxy) is 1. The molecule has 106 valence electrons. The molecule has 0 radical (unpaired) electrons. The largest absolute Gasteiger partial charge is 0.383 e. The Hall–Kier alpha value is -0.0900. The van der Waals surface area contributed by atoms with Crippen LogP contribution in [0.25, 0.3) is 0 Å². The monoisotopic (exact) mass is 319 g/mol. The summed E-state index contributed by atoms with van der Waals surface area (Å²) in [5.74, 6) is 0.364. The van der Waals surface area contributed by atoms with Crippen molar-refractivity contribution >= 4 is 21.8 Å². The maximum atomic E-state index is 12.4. The normalized spacial score (nSPS) is 24.6. The van der Waals surface area contributed by atoms with Crippen molar-refractivity contribution < 1.29 is 9.53 Å². The van der Waals surface area contributed by atoms with E-state index in [1.807, 2.05) is 0 Å². The molecular formula is C14H26BrNO2. The van der Waals surface area contributed by atoms with E-state index in [4.69, 9.17) is 4.74 Å². The summed E-state index contributed by atoms with van der Waals surface area (Å²) in [5.41, 5.74) is 0.133. The predicted molar refractivity (Wildman–Crippen MR) is 78.0 cm³/mol. The number of nitrogens with one attached hydrogen (secondary N) is 1. The second kappa shape index (κ2) is 7.49. The molecule has 0 heterocycles. The van der Waals surface area contributed by atoms with Gasteiger partial charge in [0.1, 0.15) is 0 Å². The Kier molecular flexibility index (Phi) is 6.64. The van der Waals surface area contributed by atoms with E-state index in [-0.39, 0.29) is 23.3 Å². The molecule has 0 aliphatic heterocycles. The first-order valence-electron chi connectivity index (χ1n) is 6.86. The first-order chi connectivity index (χ1) is 8.51. The molecule has 1 aliphatic rings. The SMILES string of the molecule is COCC(CCBr)NC(=O)C1CCCCC1(C)C. The molecule has 18 heavy (non-hydrogen) atoms. The summed E-state index contributed by atoms with van der Waals surface area (Å²) in [7, 11) is 1.68. The molecule has 1 saturated carbocycles. The van der Waals surface area contributed by atoms with Crippen LogP contribution in [-0.4, -0.2) is 31.0 Å². The van der Waals surface area contributed by atoms with Gasteiger partial charge < -0.3 is 10.1 Å². The smallest absolute Gasteiger partial charge is 0.223 e. The van der Waals surface area contributed by atoms with Gasteiger partial charge in [0, 0.05) is 18.4 Å². The molecule has 3 nitrogen and oxygen atoms in total. The Morgan fingerprint density at radius 2 is 2.22 bits per heavy atom. The average molecular weight is 320 g/mol. The molecule has 4 heteroatoms. The Balaban J connectivity index is 2.56. The third kappa shape index (κ3) is 4.54. The Morgan fingerprint density at radius 3 is 2.78 bits per heavy atom. The summed E-state index contributed by atoms with van der Waals surface area (Å²) in [4.78, 5) is 12.4. The zero-order valence-corrected chi connectivity index (χ0v) is 13.4. The lowest BCUT2D eigenvalue weighted by molar-refractivity contribution is -0.131. The van der Waals surface area contributed by atoms with Crippen LogP contribution in [0, 0.1) is 11.3 Å². The molecule has 0 aromatic heterocycles. The van der Waals surface area contributed by atoms with E-state index in [9.17, 15) is 4.79 Å². The van der Waals surface area contributed by atoms with Gasteiger partial charge in [-0.3, -0.25) is 4.79 Å². The van der Waals surface area contributed by atoms with Gasteiger partial charge in [0.05, 0.1) is 12.6 Å². The molecule has 2 atom stereocenters. The second-order valence-corrected chi connectivity index (χ2v) is 6.72. The van der Waals surface area contributed by atoms with Crippen molar-refractivity contribution in [2.24, 2.45) is 11.3 Å². The third-order valence-electron chi connectivity index (χ3n) is 4.00. The molecule has 1 N–H and O–H groups in total. The number of amides is 1. The van der Waals surface area contributed by atoms with Crippen molar-refractivity contribution in [3.8, 4) is 0 Å². The number of rotatable bonds is 6. The van der Waals surface area contributed by atoms with Crippen molar-refractivity contribution in [2.45, 2.75) is 52.0 Å². The zero-order chi connectivity index (χ0) is 13.6. The molecule has 0 saturated heterocycles. The summed E-state index contributed by atoms with van der Waals surface area (Å²) in [6.07, 6.45) is 5.51. The van der Waals surface area contributed by atoms with Gasteiger partial charge in [-0.2, -0.15) is 0 Å². The molecular weight excluding hydrogens is 294 g/mol. The van der Waals surface area contributed by atoms with Crippen LogP contribution in [0.15, 0.2) is 0 Å². The maximum Gasteiger partial charge on any atom is 0.223 e. The van der Waals surface area contributed by atoms with Crippen molar-refractivity contribution in [1.82, 2.24) is 5.32 Å². The van der Waals surface area contributed by atoms with Gasteiger partial charge in [-0.1, -0.05) is 42.6 Å². The van der Waals surface area contributed by atoms with Crippen LogP contribution in [0.5, 0.6) is 0 Å². The number of halogens is 1. The summed E-state index contributed by atoms with van der Waals surface area (Å²) in [6.45, 7) is 5.02. The van der Waals surface area contributed by atoms with Crippen LogP contribution in [0.2, 0.25) is 0 Å². The quantitative estimate of drug-likeness (QED) is 0.764. The fourth-order valence-electron chi connectivity index (χ4n) is 2.81. The van der Waals surface area contributed by atoms with Crippen molar-refractivity contribution in [3.05, 3.63) is 0 Å². The molecule has 0 bridgehead atoms. The van der Waals surface area contributed by atoms with Crippen LogP contribution < -0.4 is 5.32 Å².